The first-order chi connectivity index (χ1) is 10.1. The summed E-state index contributed by atoms with van der Waals surface area (Å²) in [7, 11) is 0. The van der Waals surface area contributed by atoms with Gasteiger partial charge in [-0.1, -0.05) is 6.07 Å². The van der Waals surface area contributed by atoms with Gasteiger partial charge in [-0.05, 0) is 35.0 Å². The number of nitrogens with zero attached hydrogens (tertiary/aromatic N) is 3. The third-order valence-electron chi connectivity index (χ3n) is 2.77. The van der Waals surface area contributed by atoms with Crippen molar-refractivity contribution in [2.45, 2.75) is 20.5 Å². The van der Waals surface area contributed by atoms with Crippen LogP contribution in [-0.4, -0.2) is 21.4 Å². The van der Waals surface area contributed by atoms with Gasteiger partial charge >= 0.3 is 5.82 Å². The lowest BCUT2D eigenvalue weighted by Gasteiger charge is -2.10. The quantitative estimate of drug-likeness (QED) is 0.649. The van der Waals surface area contributed by atoms with Gasteiger partial charge < -0.3 is 20.2 Å². The van der Waals surface area contributed by atoms with Crippen LogP contribution >= 0.6 is 0 Å². The van der Waals surface area contributed by atoms with Gasteiger partial charge in [0.1, 0.15) is 18.1 Å². The zero-order valence-corrected chi connectivity index (χ0v) is 11.9. The van der Waals surface area contributed by atoms with Crippen LogP contribution < -0.4 is 10.1 Å². The maximum Gasteiger partial charge on any atom is 0.406 e. The molecule has 0 amide bonds. The Labute approximate surface area is 122 Å². The first kappa shape index (κ1) is 14.7. The van der Waals surface area contributed by atoms with Crippen molar-refractivity contribution in [3.8, 4) is 5.75 Å². The van der Waals surface area contributed by atoms with E-state index in [9.17, 15) is 10.1 Å². The Bertz CT molecular complexity index is 646. The molecule has 0 atom stereocenters. The molecule has 0 aliphatic carbocycles. The molecule has 0 spiro atoms. The van der Waals surface area contributed by atoms with E-state index in [0.717, 1.165) is 12.1 Å². The molecule has 2 rings (SSSR count). The van der Waals surface area contributed by atoms with Gasteiger partial charge in [0.25, 0.3) is 0 Å². The van der Waals surface area contributed by atoms with E-state index in [0.29, 0.717) is 11.5 Å². The minimum Gasteiger partial charge on any atom is -0.481 e. The lowest BCUT2D eigenvalue weighted by molar-refractivity contribution is -0.390. The molecule has 0 fully saturated rings. The number of rotatable bonds is 6. The molecule has 7 heteroatoms. The van der Waals surface area contributed by atoms with Crippen molar-refractivity contribution >= 4 is 11.6 Å². The highest BCUT2D eigenvalue weighted by molar-refractivity contribution is 5.44. The fraction of sp³-hybridized carbons (Fsp3) is 0.286. The maximum absolute atomic E-state index is 11.0. The van der Waals surface area contributed by atoms with Crippen LogP contribution in [0.4, 0.5) is 11.6 Å². The first-order valence-electron chi connectivity index (χ1n) is 6.54. The molecule has 0 aliphatic rings. The van der Waals surface area contributed by atoms with Crippen molar-refractivity contribution in [2.24, 2.45) is 0 Å². The summed E-state index contributed by atoms with van der Waals surface area (Å²) >= 11 is 0. The predicted octanol–water partition coefficient (Wildman–Crippen LogP) is 2.70. The van der Waals surface area contributed by atoms with Crippen LogP contribution in [-0.2, 0) is 6.61 Å². The third-order valence-corrected chi connectivity index (χ3v) is 2.77. The number of nitro groups is 1. The Hall–Kier alpha value is -2.70. The maximum atomic E-state index is 11.0. The van der Waals surface area contributed by atoms with Crippen LogP contribution in [0.1, 0.15) is 18.2 Å². The zero-order chi connectivity index (χ0) is 15.2. The molecule has 2 heterocycles. The number of anilines is 1. The topological polar surface area (TPSA) is 90.2 Å². The Balaban J connectivity index is 2.19. The van der Waals surface area contributed by atoms with Gasteiger partial charge in [0.2, 0.25) is 5.75 Å². The molecule has 0 saturated heterocycles. The number of nitrogens with one attached hydrogen (secondary N) is 1. The van der Waals surface area contributed by atoms with Crippen molar-refractivity contribution in [3.63, 3.8) is 0 Å². The highest BCUT2D eigenvalue weighted by Gasteiger charge is 2.18. The summed E-state index contributed by atoms with van der Waals surface area (Å²) in [5.41, 5.74) is 1.40. The monoisotopic (exact) mass is 288 g/mol. The summed E-state index contributed by atoms with van der Waals surface area (Å²) in [5, 5.41) is 14.1. The number of hydrogen-bond acceptors (Lipinski definition) is 6. The van der Waals surface area contributed by atoms with Crippen molar-refractivity contribution < 1.29 is 9.66 Å². The molecule has 2 aromatic rings. The fourth-order valence-electron chi connectivity index (χ4n) is 1.81. The van der Waals surface area contributed by atoms with Crippen LogP contribution in [0.2, 0.25) is 0 Å². The Morgan fingerprint density at radius 3 is 2.90 bits per heavy atom. The number of aryl methyl sites for hydroxylation is 1. The van der Waals surface area contributed by atoms with Crippen LogP contribution in [0.15, 0.2) is 30.5 Å². The summed E-state index contributed by atoms with van der Waals surface area (Å²) in [6, 6.07) is 6.89. The zero-order valence-electron chi connectivity index (χ0n) is 11.9. The average Bonchev–Trinajstić information content (AvgIpc) is 2.47. The van der Waals surface area contributed by atoms with Crippen molar-refractivity contribution in [2.75, 3.05) is 11.9 Å². The Morgan fingerprint density at radius 2 is 2.19 bits per heavy atom. The molecule has 0 aliphatic heterocycles. The summed E-state index contributed by atoms with van der Waals surface area (Å²) in [6.07, 6.45) is 1.68. The van der Waals surface area contributed by atoms with Crippen molar-refractivity contribution in [1.29, 1.82) is 0 Å². The second-order valence-electron chi connectivity index (χ2n) is 4.36. The molecule has 0 radical (unpaired) electrons. The molecule has 1 N–H and O–H groups in total. The Morgan fingerprint density at radius 1 is 1.38 bits per heavy atom. The standard InChI is InChI=1S/C14H16N4O3/c1-3-15-13-11(5-4-8-16-13)9-21-12-7-6-10(2)17-14(12)18(19)20/h4-8H,3,9H2,1-2H3,(H,15,16). The van der Waals surface area contributed by atoms with Crippen LogP contribution in [0.3, 0.4) is 0 Å². The largest absolute Gasteiger partial charge is 0.481 e. The van der Waals surface area contributed by atoms with Gasteiger partial charge in [0.15, 0.2) is 0 Å². The van der Waals surface area contributed by atoms with E-state index in [1.807, 2.05) is 13.0 Å². The molecule has 110 valence electrons. The van der Waals surface area contributed by atoms with Gasteiger partial charge in [0, 0.05) is 25.2 Å². The van der Waals surface area contributed by atoms with Crippen molar-refractivity contribution in [3.05, 3.63) is 51.8 Å². The van der Waals surface area contributed by atoms with Gasteiger partial charge in [-0.2, -0.15) is 0 Å². The van der Waals surface area contributed by atoms with E-state index < -0.39 is 4.92 Å². The van der Waals surface area contributed by atoms with Gasteiger partial charge in [-0.3, -0.25) is 0 Å². The predicted molar refractivity (Wildman–Crippen MR) is 78.4 cm³/mol. The molecular formula is C14H16N4O3. The summed E-state index contributed by atoms with van der Waals surface area (Å²) in [5.74, 6) is 0.587. The van der Waals surface area contributed by atoms with Gasteiger partial charge in [-0.25, -0.2) is 4.98 Å². The lowest BCUT2D eigenvalue weighted by atomic mass is 10.2. The average molecular weight is 288 g/mol. The van der Waals surface area contributed by atoms with E-state index in [4.69, 9.17) is 4.74 Å². The summed E-state index contributed by atoms with van der Waals surface area (Å²) in [4.78, 5) is 18.5. The molecule has 2 aromatic heterocycles. The number of aromatic nitrogens is 2. The Kier molecular flexibility index (Phi) is 4.65. The van der Waals surface area contributed by atoms with E-state index in [2.05, 4.69) is 15.3 Å². The summed E-state index contributed by atoms with van der Waals surface area (Å²) < 4.78 is 5.54. The second-order valence-corrected chi connectivity index (χ2v) is 4.36. The molecule has 0 bridgehead atoms. The van der Waals surface area contributed by atoms with E-state index in [1.165, 1.54) is 0 Å². The number of ether oxygens (including phenoxy) is 1. The van der Waals surface area contributed by atoms with E-state index in [-0.39, 0.29) is 18.2 Å². The molecule has 7 nitrogen and oxygen atoms in total. The SMILES string of the molecule is CCNc1ncccc1COc1ccc(C)nc1[N+](=O)[O-]. The van der Waals surface area contributed by atoms with Gasteiger partial charge in [0.05, 0.1) is 0 Å². The van der Waals surface area contributed by atoms with Crippen LogP contribution in [0.5, 0.6) is 5.75 Å². The highest BCUT2D eigenvalue weighted by Crippen LogP contribution is 2.26. The fourth-order valence-corrected chi connectivity index (χ4v) is 1.81. The number of pyridine rings is 2. The van der Waals surface area contributed by atoms with E-state index >= 15 is 0 Å². The molecule has 0 unspecified atom stereocenters. The highest BCUT2D eigenvalue weighted by atomic mass is 16.6. The number of hydrogen-bond donors (Lipinski definition) is 1. The minimum atomic E-state index is -0.545. The second kappa shape index (κ2) is 6.65. The van der Waals surface area contributed by atoms with Gasteiger partial charge in [-0.15, -0.1) is 0 Å². The smallest absolute Gasteiger partial charge is 0.406 e. The first-order valence-corrected chi connectivity index (χ1v) is 6.54. The van der Waals surface area contributed by atoms with Crippen LogP contribution in [0.25, 0.3) is 0 Å². The molecular weight excluding hydrogens is 272 g/mol. The lowest BCUT2D eigenvalue weighted by Crippen LogP contribution is -2.07. The molecule has 0 saturated carbocycles. The normalized spacial score (nSPS) is 10.2. The van der Waals surface area contributed by atoms with Crippen molar-refractivity contribution in [1.82, 2.24) is 9.97 Å². The summed E-state index contributed by atoms with van der Waals surface area (Å²) in [6.45, 7) is 4.58. The third kappa shape index (κ3) is 3.65. The van der Waals surface area contributed by atoms with Crippen LogP contribution in [0, 0.1) is 17.0 Å². The molecule has 0 aromatic carbocycles. The molecule has 21 heavy (non-hydrogen) atoms. The van der Waals surface area contributed by atoms with E-state index in [1.54, 1.807) is 31.3 Å². The minimum absolute atomic E-state index is 0.150.